The van der Waals surface area contributed by atoms with Crippen molar-refractivity contribution in [3.8, 4) is 0 Å². The smallest absolute Gasteiger partial charge is 0.350 e. The number of amides is 1. The fourth-order valence-electron chi connectivity index (χ4n) is 0.836. The molecule has 1 aromatic rings. The van der Waals surface area contributed by atoms with Gasteiger partial charge in [-0.1, -0.05) is 0 Å². The zero-order valence-corrected chi connectivity index (χ0v) is 7.01. The first-order chi connectivity index (χ1) is 6.63. The van der Waals surface area contributed by atoms with Crippen LogP contribution in [0.3, 0.4) is 0 Å². The Bertz CT molecular complexity index is 412. The van der Waals surface area contributed by atoms with Crippen LogP contribution in [0.1, 0.15) is 0 Å². The van der Waals surface area contributed by atoms with Crippen LogP contribution in [0.15, 0.2) is 17.1 Å². The summed E-state index contributed by atoms with van der Waals surface area (Å²) < 4.78 is 0.915. The molecule has 0 atom stereocenters. The van der Waals surface area contributed by atoms with E-state index in [2.05, 4.69) is 10.3 Å². The normalized spacial score (nSPS) is 9.43. The number of carboxylic acids is 1. The minimum atomic E-state index is -1.13. The predicted molar refractivity (Wildman–Crippen MR) is 45.8 cm³/mol. The summed E-state index contributed by atoms with van der Waals surface area (Å²) in [7, 11) is 0. The van der Waals surface area contributed by atoms with E-state index in [0.29, 0.717) is 6.41 Å². The van der Waals surface area contributed by atoms with Gasteiger partial charge in [0.15, 0.2) is 0 Å². The molecule has 1 aromatic heterocycles. The molecule has 0 saturated heterocycles. The van der Waals surface area contributed by atoms with E-state index in [9.17, 15) is 14.4 Å². The Labute approximate surface area is 78.0 Å². The lowest BCUT2D eigenvalue weighted by molar-refractivity contribution is -0.137. The number of rotatable bonds is 4. The molecule has 0 aliphatic carbocycles. The Morgan fingerprint density at radius 3 is 2.93 bits per heavy atom. The third kappa shape index (κ3) is 2.41. The van der Waals surface area contributed by atoms with Crippen LogP contribution >= 0.6 is 0 Å². The van der Waals surface area contributed by atoms with Crippen molar-refractivity contribution in [2.24, 2.45) is 0 Å². The van der Waals surface area contributed by atoms with Gasteiger partial charge in [0.1, 0.15) is 12.4 Å². The van der Waals surface area contributed by atoms with Gasteiger partial charge >= 0.3 is 11.7 Å². The Hall–Kier alpha value is -2.18. The molecule has 14 heavy (non-hydrogen) atoms. The van der Waals surface area contributed by atoms with Gasteiger partial charge in [-0.2, -0.15) is 4.98 Å². The SMILES string of the molecule is O=CNc1ccn(CC(=O)O)c(=O)n1. The largest absolute Gasteiger partial charge is 0.480 e. The monoisotopic (exact) mass is 197 g/mol. The first-order valence-electron chi connectivity index (χ1n) is 3.63. The van der Waals surface area contributed by atoms with Crippen molar-refractivity contribution < 1.29 is 14.7 Å². The highest BCUT2D eigenvalue weighted by Gasteiger charge is 2.02. The van der Waals surface area contributed by atoms with Gasteiger partial charge in [-0.3, -0.25) is 14.2 Å². The van der Waals surface area contributed by atoms with Crippen molar-refractivity contribution in [3.05, 3.63) is 22.7 Å². The van der Waals surface area contributed by atoms with Gasteiger partial charge < -0.3 is 10.4 Å². The van der Waals surface area contributed by atoms with Crippen molar-refractivity contribution in [2.75, 3.05) is 5.32 Å². The highest BCUT2D eigenvalue weighted by molar-refractivity contribution is 5.68. The third-order valence-corrected chi connectivity index (χ3v) is 1.39. The second-order valence-electron chi connectivity index (χ2n) is 2.38. The number of nitrogens with zero attached hydrogens (tertiary/aromatic N) is 2. The quantitative estimate of drug-likeness (QED) is 0.596. The molecule has 7 heteroatoms. The highest BCUT2D eigenvalue weighted by Crippen LogP contribution is 1.94. The highest BCUT2D eigenvalue weighted by atomic mass is 16.4. The van der Waals surface area contributed by atoms with Crippen LogP contribution in [0.5, 0.6) is 0 Å². The molecular weight excluding hydrogens is 190 g/mol. The number of hydrogen-bond donors (Lipinski definition) is 2. The Balaban J connectivity index is 2.95. The first-order valence-corrected chi connectivity index (χ1v) is 3.63. The average molecular weight is 197 g/mol. The molecule has 0 aromatic carbocycles. The van der Waals surface area contributed by atoms with E-state index in [0.717, 1.165) is 4.57 Å². The molecule has 0 fully saturated rings. The molecule has 0 bridgehead atoms. The summed E-state index contributed by atoms with van der Waals surface area (Å²) in [5.74, 6) is -1.04. The number of carboxylic acid groups (broad SMARTS) is 1. The van der Waals surface area contributed by atoms with E-state index in [-0.39, 0.29) is 5.82 Å². The van der Waals surface area contributed by atoms with E-state index in [1.165, 1.54) is 12.3 Å². The standard InChI is InChI=1S/C7H7N3O4/c11-4-8-5-1-2-10(3-6(12)13)7(14)9-5/h1-2,4H,3H2,(H,12,13)(H,8,9,11,14). The lowest BCUT2D eigenvalue weighted by Crippen LogP contribution is -2.26. The number of anilines is 1. The van der Waals surface area contributed by atoms with Gasteiger partial charge in [0, 0.05) is 6.20 Å². The number of carbonyl (C=O) groups is 2. The molecule has 0 spiro atoms. The molecule has 1 amide bonds. The van der Waals surface area contributed by atoms with E-state index < -0.39 is 18.2 Å². The fraction of sp³-hybridized carbons (Fsp3) is 0.143. The van der Waals surface area contributed by atoms with Gasteiger partial charge in [-0.25, -0.2) is 4.79 Å². The second kappa shape index (κ2) is 4.17. The summed E-state index contributed by atoms with van der Waals surface area (Å²) in [6, 6.07) is 1.33. The van der Waals surface area contributed by atoms with Crippen LogP contribution < -0.4 is 11.0 Å². The van der Waals surface area contributed by atoms with Crippen molar-refractivity contribution in [2.45, 2.75) is 6.54 Å². The Kier molecular flexibility index (Phi) is 2.95. The first kappa shape index (κ1) is 9.90. The zero-order valence-electron chi connectivity index (χ0n) is 7.01. The maximum absolute atomic E-state index is 11.1. The summed E-state index contributed by atoms with van der Waals surface area (Å²) in [4.78, 5) is 34.8. The molecule has 0 unspecified atom stereocenters. The summed E-state index contributed by atoms with van der Waals surface area (Å²) in [6.07, 6.45) is 1.62. The number of carbonyl (C=O) groups excluding carboxylic acids is 1. The average Bonchev–Trinajstić information content (AvgIpc) is 2.10. The van der Waals surface area contributed by atoms with Gasteiger partial charge in [0.2, 0.25) is 6.41 Å². The van der Waals surface area contributed by atoms with Crippen LogP contribution in [0, 0.1) is 0 Å². The molecule has 1 heterocycles. The maximum atomic E-state index is 11.1. The Morgan fingerprint density at radius 1 is 1.71 bits per heavy atom. The summed E-state index contributed by atoms with van der Waals surface area (Å²) in [5.41, 5.74) is -0.723. The third-order valence-electron chi connectivity index (χ3n) is 1.39. The van der Waals surface area contributed by atoms with E-state index in [4.69, 9.17) is 5.11 Å². The number of aromatic nitrogens is 2. The summed E-state index contributed by atoms with van der Waals surface area (Å²) in [6.45, 7) is -0.451. The minimum Gasteiger partial charge on any atom is -0.480 e. The van der Waals surface area contributed by atoms with Crippen molar-refractivity contribution >= 4 is 18.2 Å². The van der Waals surface area contributed by atoms with Gasteiger partial charge in [-0.15, -0.1) is 0 Å². The molecule has 0 radical (unpaired) electrons. The molecule has 0 aliphatic heterocycles. The predicted octanol–water partition coefficient (Wildman–Crippen LogP) is -1.10. The van der Waals surface area contributed by atoms with Crippen LogP contribution in [-0.4, -0.2) is 27.0 Å². The number of aliphatic carboxylic acids is 1. The molecule has 0 aliphatic rings. The van der Waals surface area contributed by atoms with Gasteiger partial charge in [-0.05, 0) is 6.07 Å². The second-order valence-corrected chi connectivity index (χ2v) is 2.38. The Morgan fingerprint density at radius 2 is 2.43 bits per heavy atom. The van der Waals surface area contributed by atoms with Crippen LogP contribution in [-0.2, 0) is 16.1 Å². The lowest BCUT2D eigenvalue weighted by atomic mass is 10.5. The fourth-order valence-corrected chi connectivity index (χ4v) is 0.836. The van der Waals surface area contributed by atoms with Crippen LogP contribution in [0.2, 0.25) is 0 Å². The lowest BCUT2D eigenvalue weighted by Gasteiger charge is -2.01. The molecule has 0 saturated carbocycles. The van der Waals surface area contributed by atoms with Crippen molar-refractivity contribution in [1.29, 1.82) is 0 Å². The van der Waals surface area contributed by atoms with Crippen molar-refractivity contribution in [1.82, 2.24) is 9.55 Å². The van der Waals surface area contributed by atoms with Gasteiger partial charge in [0.05, 0.1) is 0 Å². The topological polar surface area (TPSA) is 101 Å². The van der Waals surface area contributed by atoms with E-state index in [1.54, 1.807) is 0 Å². The molecule has 2 N–H and O–H groups in total. The number of nitrogens with one attached hydrogen (secondary N) is 1. The maximum Gasteiger partial charge on any atom is 0.350 e. The van der Waals surface area contributed by atoms with Crippen molar-refractivity contribution in [3.63, 3.8) is 0 Å². The zero-order chi connectivity index (χ0) is 10.6. The molecule has 1 rings (SSSR count). The summed E-state index contributed by atoms with van der Waals surface area (Å²) >= 11 is 0. The summed E-state index contributed by atoms with van der Waals surface area (Å²) in [5, 5.41) is 10.6. The van der Waals surface area contributed by atoms with Gasteiger partial charge in [0.25, 0.3) is 0 Å². The van der Waals surface area contributed by atoms with E-state index in [1.807, 2.05) is 0 Å². The van der Waals surface area contributed by atoms with Crippen LogP contribution in [0.25, 0.3) is 0 Å². The molecular formula is C7H7N3O4. The minimum absolute atomic E-state index is 0.0895. The molecule has 7 nitrogen and oxygen atoms in total. The number of hydrogen-bond acceptors (Lipinski definition) is 4. The van der Waals surface area contributed by atoms with Crippen LogP contribution in [0.4, 0.5) is 5.82 Å². The van der Waals surface area contributed by atoms with E-state index >= 15 is 0 Å². The molecule has 74 valence electrons.